The Morgan fingerprint density at radius 3 is 2.88 bits per heavy atom. The number of fused-ring (bicyclic) bond motifs is 1. The maximum Gasteiger partial charge on any atom is 0.246 e. The molecule has 3 N–H and O–H groups in total. The summed E-state index contributed by atoms with van der Waals surface area (Å²) >= 11 is 0. The molecule has 0 saturated carbocycles. The average molecular weight is 242 g/mol. The fraction of sp³-hybridized carbons (Fsp3) is 0.364. The number of anilines is 1. The van der Waals surface area contributed by atoms with E-state index in [9.17, 15) is 13.6 Å². The molecule has 1 aliphatic rings. The zero-order valence-corrected chi connectivity index (χ0v) is 9.13. The Labute approximate surface area is 96.6 Å². The summed E-state index contributed by atoms with van der Waals surface area (Å²) < 4.78 is 26.5. The average Bonchev–Trinajstić information content (AvgIpc) is 2.51. The summed E-state index contributed by atoms with van der Waals surface area (Å²) in [5, 5.41) is 14.2. The third kappa shape index (κ3) is 2.27. The minimum absolute atomic E-state index is 0.0945. The molecule has 1 heterocycles. The van der Waals surface area contributed by atoms with Crippen LogP contribution in [0.25, 0.3) is 0 Å². The van der Waals surface area contributed by atoms with Gasteiger partial charge in [-0.15, -0.1) is 0 Å². The maximum atomic E-state index is 13.6. The van der Waals surface area contributed by atoms with Gasteiger partial charge in [-0.2, -0.15) is 0 Å². The Morgan fingerprint density at radius 2 is 2.24 bits per heavy atom. The molecule has 1 amide bonds. The lowest BCUT2D eigenvalue weighted by molar-refractivity contribution is -0.117. The van der Waals surface area contributed by atoms with Gasteiger partial charge in [-0.05, 0) is 13.0 Å². The zero-order chi connectivity index (χ0) is 12.6. The number of aliphatic hydroxyl groups is 1. The molecule has 1 aromatic rings. The Kier molecular flexibility index (Phi) is 3.08. The number of carbonyl (C=O) groups excluding carboxylic acids is 1. The molecule has 0 fully saturated rings. The molecule has 0 saturated heterocycles. The fourth-order valence-corrected chi connectivity index (χ4v) is 1.80. The molecule has 2 rings (SSSR count). The summed E-state index contributed by atoms with van der Waals surface area (Å²) in [6.07, 6.45) is -0.657. The van der Waals surface area contributed by atoms with E-state index < -0.39 is 29.7 Å². The SMILES string of the molecule is CC(O)CNC1C(=O)Nc2cc(F)cc(F)c21. The third-order valence-electron chi connectivity index (χ3n) is 2.52. The molecule has 0 bridgehead atoms. The zero-order valence-electron chi connectivity index (χ0n) is 9.13. The predicted molar refractivity (Wildman–Crippen MR) is 57.4 cm³/mol. The Hall–Kier alpha value is -1.53. The maximum absolute atomic E-state index is 13.6. The number of rotatable bonds is 3. The van der Waals surface area contributed by atoms with Crippen molar-refractivity contribution in [3.63, 3.8) is 0 Å². The highest BCUT2D eigenvalue weighted by Gasteiger charge is 2.33. The second-order valence-corrected chi connectivity index (χ2v) is 4.03. The Morgan fingerprint density at radius 1 is 1.53 bits per heavy atom. The van der Waals surface area contributed by atoms with Gasteiger partial charge in [0.25, 0.3) is 0 Å². The minimum atomic E-state index is -0.889. The molecule has 17 heavy (non-hydrogen) atoms. The molecule has 0 aromatic heterocycles. The molecule has 0 radical (unpaired) electrons. The van der Waals surface area contributed by atoms with Gasteiger partial charge in [-0.3, -0.25) is 10.1 Å². The van der Waals surface area contributed by atoms with Crippen molar-refractivity contribution < 1.29 is 18.7 Å². The summed E-state index contributed by atoms with van der Waals surface area (Å²) in [6.45, 7) is 1.69. The van der Waals surface area contributed by atoms with Crippen LogP contribution in [-0.4, -0.2) is 23.7 Å². The molecule has 4 nitrogen and oxygen atoms in total. The van der Waals surface area contributed by atoms with Crippen molar-refractivity contribution in [3.05, 3.63) is 29.3 Å². The number of amides is 1. The van der Waals surface area contributed by atoms with E-state index in [-0.39, 0.29) is 17.8 Å². The second-order valence-electron chi connectivity index (χ2n) is 4.03. The van der Waals surface area contributed by atoms with Crippen LogP contribution in [0.4, 0.5) is 14.5 Å². The molecule has 92 valence electrons. The number of hydrogen-bond acceptors (Lipinski definition) is 3. The monoisotopic (exact) mass is 242 g/mol. The summed E-state index contributed by atoms with van der Waals surface area (Å²) in [5.41, 5.74) is 0.229. The van der Waals surface area contributed by atoms with Crippen molar-refractivity contribution in [1.82, 2.24) is 5.32 Å². The lowest BCUT2D eigenvalue weighted by Gasteiger charge is -2.13. The molecular weight excluding hydrogens is 230 g/mol. The van der Waals surface area contributed by atoms with Crippen LogP contribution < -0.4 is 10.6 Å². The first-order valence-corrected chi connectivity index (χ1v) is 5.20. The van der Waals surface area contributed by atoms with Gasteiger partial charge in [0.2, 0.25) is 5.91 Å². The summed E-state index contributed by atoms with van der Waals surface area (Å²) in [6, 6.07) is 0.913. The van der Waals surface area contributed by atoms with E-state index in [1.807, 2.05) is 0 Å². The number of nitrogens with one attached hydrogen (secondary N) is 2. The standard InChI is InChI=1S/C11H12F2N2O2/c1-5(16)4-14-10-9-7(13)2-6(12)3-8(9)15-11(10)17/h2-3,5,10,14,16H,4H2,1H3,(H,15,17). The number of carbonyl (C=O) groups is 1. The second kappa shape index (κ2) is 4.38. The van der Waals surface area contributed by atoms with E-state index in [2.05, 4.69) is 10.6 Å². The number of hydrogen-bond donors (Lipinski definition) is 3. The van der Waals surface area contributed by atoms with Crippen molar-refractivity contribution >= 4 is 11.6 Å². The van der Waals surface area contributed by atoms with E-state index in [1.54, 1.807) is 6.92 Å². The summed E-state index contributed by atoms with van der Waals surface area (Å²) in [7, 11) is 0. The highest BCUT2D eigenvalue weighted by atomic mass is 19.1. The van der Waals surface area contributed by atoms with Gasteiger partial charge < -0.3 is 10.4 Å². The van der Waals surface area contributed by atoms with Gasteiger partial charge >= 0.3 is 0 Å². The predicted octanol–water partition coefficient (Wildman–Crippen LogP) is 0.928. The number of aliphatic hydroxyl groups excluding tert-OH is 1. The van der Waals surface area contributed by atoms with Crippen LogP contribution in [0.3, 0.4) is 0 Å². The fourth-order valence-electron chi connectivity index (χ4n) is 1.80. The molecule has 1 aliphatic heterocycles. The first-order valence-electron chi connectivity index (χ1n) is 5.20. The largest absolute Gasteiger partial charge is 0.392 e. The van der Waals surface area contributed by atoms with Crippen LogP contribution in [0, 0.1) is 11.6 Å². The van der Waals surface area contributed by atoms with Crippen LogP contribution in [0.2, 0.25) is 0 Å². The van der Waals surface area contributed by atoms with Crippen molar-refractivity contribution in [2.45, 2.75) is 19.1 Å². The minimum Gasteiger partial charge on any atom is -0.392 e. The Bertz CT molecular complexity index is 463. The summed E-state index contributed by atoms with van der Waals surface area (Å²) in [5.74, 6) is -1.97. The van der Waals surface area contributed by atoms with Crippen LogP contribution >= 0.6 is 0 Å². The summed E-state index contributed by atoms with van der Waals surface area (Å²) in [4.78, 5) is 11.6. The van der Waals surface area contributed by atoms with Crippen LogP contribution in [0.15, 0.2) is 12.1 Å². The van der Waals surface area contributed by atoms with Crippen molar-refractivity contribution in [1.29, 1.82) is 0 Å². The molecule has 6 heteroatoms. The smallest absolute Gasteiger partial charge is 0.246 e. The Balaban J connectivity index is 2.30. The van der Waals surface area contributed by atoms with Gasteiger partial charge in [-0.25, -0.2) is 8.78 Å². The molecule has 2 unspecified atom stereocenters. The van der Waals surface area contributed by atoms with Crippen molar-refractivity contribution in [3.8, 4) is 0 Å². The van der Waals surface area contributed by atoms with Crippen LogP contribution in [-0.2, 0) is 4.79 Å². The van der Waals surface area contributed by atoms with E-state index in [1.165, 1.54) is 0 Å². The van der Waals surface area contributed by atoms with Crippen molar-refractivity contribution in [2.24, 2.45) is 0 Å². The highest BCUT2D eigenvalue weighted by molar-refractivity contribution is 6.02. The van der Waals surface area contributed by atoms with Gasteiger partial charge in [0.1, 0.15) is 17.7 Å². The van der Waals surface area contributed by atoms with Gasteiger partial charge in [-0.1, -0.05) is 0 Å². The van der Waals surface area contributed by atoms with E-state index in [0.29, 0.717) is 0 Å². The third-order valence-corrected chi connectivity index (χ3v) is 2.52. The van der Waals surface area contributed by atoms with E-state index in [4.69, 9.17) is 5.11 Å². The van der Waals surface area contributed by atoms with Crippen LogP contribution in [0.5, 0.6) is 0 Å². The quantitative estimate of drug-likeness (QED) is 0.739. The highest BCUT2D eigenvalue weighted by Crippen LogP contribution is 2.33. The van der Waals surface area contributed by atoms with E-state index in [0.717, 1.165) is 12.1 Å². The van der Waals surface area contributed by atoms with Gasteiger partial charge in [0.15, 0.2) is 0 Å². The van der Waals surface area contributed by atoms with Gasteiger partial charge in [0, 0.05) is 18.2 Å². The van der Waals surface area contributed by atoms with Gasteiger partial charge in [0.05, 0.1) is 11.8 Å². The van der Waals surface area contributed by atoms with E-state index >= 15 is 0 Å². The molecule has 1 aromatic carbocycles. The topological polar surface area (TPSA) is 61.4 Å². The number of halogens is 2. The first kappa shape index (κ1) is 11.9. The van der Waals surface area contributed by atoms with Crippen molar-refractivity contribution in [2.75, 3.05) is 11.9 Å². The normalized spacial score (nSPS) is 20.0. The molecule has 0 aliphatic carbocycles. The van der Waals surface area contributed by atoms with Crippen LogP contribution in [0.1, 0.15) is 18.5 Å². The lowest BCUT2D eigenvalue weighted by Crippen LogP contribution is -2.33. The molecule has 0 spiro atoms. The molecule has 2 atom stereocenters. The molecular formula is C11H12F2N2O2. The first-order chi connectivity index (χ1) is 7.99. The lowest BCUT2D eigenvalue weighted by atomic mass is 10.1. The number of benzene rings is 1.